The SMILES string of the molecule is CCCOc1ccc(-c2nonc2NC(=O)c2ccc(Cl)cc2)cc1. The second-order valence-electron chi connectivity index (χ2n) is 5.30. The van der Waals surface area contributed by atoms with Crippen molar-refractivity contribution < 1.29 is 14.2 Å². The average molecular weight is 358 g/mol. The summed E-state index contributed by atoms with van der Waals surface area (Å²) in [6.45, 7) is 2.71. The molecule has 0 fully saturated rings. The van der Waals surface area contributed by atoms with Crippen LogP contribution in [0.15, 0.2) is 53.2 Å². The lowest BCUT2D eigenvalue weighted by Crippen LogP contribution is -2.12. The van der Waals surface area contributed by atoms with Crippen LogP contribution in [-0.2, 0) is 0 Å². The van der Waals surface area contributed by atoms with Crippen LogP contribution in [0.2, 0.25) is 5.02 Å². The molecule has 0 unspecified atom stereocenters. The normalized spacial score (nSPS) is 10.5. The predicted molar refractivity (Wildman–Crippen MR) is 94.9 cm³/mol. The van der Waals surface area contributed by atoms with Gasteiger partial charge in [0.15, 0.2) is 5.69 Å². The number of benzene rings is 2. The number of aromatic nitrogens is 2. The Hall–Kier alpha value is -2.86. The van der Waals surface area contributed by atoms with Gasteiger partial charge in [-0.05, 0) is 65.3 Å². The van der Waals surface area contributed by atoms with Crippen molar-refractivity contribution in [1.29, 1.82) is 0 Å². The first-order valence-corrected chi connectivity index (χ1v) is 8.18. The smallest absolute Gasteiger partial charge is 0.256 e. The largest absolute Gasteiger partial charge is 0.494 e. The number of nitrogens with zero attached hydrogens (tertiary/aromatic N) is 2. The van der Waals surface area contributed by atoms with Gasteiger partial charge < -0.3 is 10.1 Å². The average Bonchev–Trinajstić information content (AvgIpc) is 3.09. The van der Waals surface area contributed by atoms with Crippen LogP contribution < -0.4 is 10.1 Å². The minimum absolute atomic E-state index is 0.252. The third-order valence-corrected chi connectivity index (χ3v) is 3.68. The number of anilines is 1. The van der Waals surface area contributed by atoms with Gasteiger partial charge in [-0.25, -0.2) is 4.63 Å². The molecule has 1 aromatic heterocycles. The van der Waals surface area contributed by atoms with Crippen LogP contribution in [0.3, 0.4) is 0 Å². The van der Waals surface area contributed by atoms with E-state index in [1.807, 2.05) is 31.2 Å². The highest BCUT2D eigenvalue weighted by atomic mass is 35.5. The highest BCUT2D eigenvalue weighted by Gasteiger charge is 2.16. The summed E-state index contributed by atoms with van der Waals surface area (Å²) in [7, 11) is 0. The molecule has 0 atom stereocenters. The first-order chi connectivity index (χ1) is 12.2. The highest BCUT2D eigenvalue weighted by Crippen LogP contribution is 2.26. The number of amides is 1. The quantitative estimate of drug-likeness (QED) is 0.706. The van der Waals surface area contributed by atoms with E-state index in [1.54, 1.807) is 24.3 Å². The molecule has 0 bridgehead atoms. The molecule has 0 aliphatic rings. The van der Waals surface area contributed by atoms with E-state index in [1.165, 1.54) is 0 Å². The molecular formula is C18H16ClN3O3. The maximum atomic E-state index is 12.3. The summed E-state index contributed by atoms with van der Waals surface area (Å²) in [5.41, 5.74) is 1.67. The fourth-order valence-electron chi connectivity index (χ4n) is 2.17. The van der Waals surface area contributed by atoms with Crippen molar-refractivity contribution >= 4 is 23.3 Å². The third kappa shape index (κ3) is 4.16. The van der Waals surface area contributed by atoms with Gasteiger partial charge in [-0.2, -0.15) is 0 Å². The molecule has 3 rings (SSSR count). The lowest BCUT2D eigenvalue weighted by Gasteiger charge is -2.06. The van der Waals surface area contributed by atoms with Crippen molar-refractivity contribution in [3.8, 4) is 17.0 Å². The Morgan fingerprint density at radius 1 is 1.12 bits per heavy atom. The fourth-order valence-corrected chi connectivity index (χ4v) is 2.30. The van der Waals surface area contributed by atoms with Gasteiger partial charge in [0.05, 0.1) is 6.61 Å². The van der Waals surface area contributed by atoms with Crippen molar-refractivity contribution in [2.75, 3.05) is 11.9 Å². The Kier molecular flexibility index (Phi) is 5.30. The van der Waals surface area contributed by atoms with E-state index in [2.05, 4.69) is 15.6 Å². The minimum Gasteiger partial charge on any atom is -0.494 e. The summed E-state index contributed by atoms with van der Waals surface area (Å²) in [4.78, 5) is 12.3. The molecule has 3 aromatic rings. The zero-order valence-corrected chi connectivity index (χ0v) is 14.3. The second kappa shape index (κ2) is 7.81. The highest BCUT2D eigenvalue weighted by molar-refractivity contribution is 6.30. The Bertz CT molecular complexity index is 845. The maximum absolute atomic E-state index is 12.3. The van der Waals surface area contributed by atoms with Crippen molar-refractivity contribution in [2.24, 2.45) is 0 Å². The number of carbonyl (C=O) groups is 1. The predicted octanol–water partition coefficient (Wildman–Crippen LogP) is 4.43. The zero-order valence-electron chi connectivity index (χ0n) is 13.5. The number of nitrogens with one attached hydrogen (secondary N) is 1. The van der Waals surface area contributed by atoms with Gasteiger partial charge in [-0.1, -0.05) is 18.5 Å². The Morgan fingerprint density at radius 3 is 2.52 bits per heavy atom. The van der Waals surface area contributed by atoms with Crippen molar-refractivity contribution in [1.82, 2.24) is 10.3 Å². The van der Waals surface area contributed by atoms with E-state index in [0.29, 0.717) is 22.9 Å². The molecule has 0 radical (unpaired) electrons. The van der Waals surface area contributed by atoms with Crippen LogP contribution in [0.1, 0.15) is 23.7 Å². The second-order valence-corrected chi connectivity index (χ2v) is 5.73. The van der Waals surface area contributed by atoms with Gasteiger partial charge in [0.1, 0.15) is 5.75 Å². The van der Waals surface area contributed by atoms with Crippen LogP contribution in [-0.4, -0.2) is 22.8 Å². The number of halogens is 1. The van der Waals surface area contributed by atoms with Gasteiger partial charge in [-0.3, -0.25) is 4.79 Å². The van der Waals surface area contributed by atoms with Gasteiger partial charge >= 0.3 is 0 Å². The summed E-state index contributed by atoms with van der Waals surface area (Å²) >= 11 is 5.83. The molecule has 0 saturated carbocycles. The number of carbonyl (C=O) groups excluding carboxylic acids is 1. The molecule has 1 N–H and O–H groups in total. The number of hydrogen-bond acceptors (Lipinski definition) is 5. The fraction of sp³-hybridized carbons (Fsp3) is 0.167. The molecule has 0 saturated heterocycles. The summed E-state index contributed by atoms with van der Waals surface area (Å²) in [5.74, 6) is 0.701. The molecule has 2 aromatic carbocycles. The standard InChI is InChI=1S/C18H16ClN3O3/c1-2-11-24-15-9-5-12(6-10-15)16-17(22-25-21-16)20-18(23)13-3-7-14(19)8-4-13/h3-10H,2,11H2,1H3,(H,20,22,23). The maximum Gasteiger partial charge on any atom is 0.256 e. The van der Waals surface area contributed by atoms with Gasteiger partial charge in [-0.15, -0.1) is 0 Å². The number of ether oxygens (including phenoxy) is 1. The van der Waals surface area contributed by atoms with Crippen LogP contribution in [0.5, 0.6) is 5.75 Å². The van der Waals surface area contributed by atoms with Crippen molar-refractivity contribution in [3.63, 3.8) is 0 Å². The molecule has 128 valence electrons. The number of hydrogen-bond donors (Lipinski definition) is 1. The molecule has 25 heavy (non-hydrogen) atoms. The van der Waals surface area contributed by atoms with Crippen LogP contribution in [0, 0.1) is 0 Å². The van der Waals surface area contributed by atoms with Gasteiger partial charge in [0, 0.05) is 16.1 Å². The van der Waals surface area contributed by atoms with Crippen molar-refractivity contribution in [2.45, 2.75) is 13.3 Å². The van der Waals surface area contributed by atoms with Crippen molar-refractivity contribution in [3.05, 3.63) is 59.1 Å². The molecule has 0 spiro atoms. The summed E-state index contributed by atoms with van der Waals surface area (Å²) in [5, 5.41) is 10.9. The Balaban J connectivity index is 1.76. The minimum atomic E-state index is -0.323. The first-order valence-electron chi connectivity index (χ1n) is 7.80. The molecule has 7 heteroatoms. The lowest BCUT2D eigenvalue weighted by atomic mass is 10.1. The van der Waals surface area contributed by atoms with Crippen LogP contribution in [0.4, 0.5) is 5.82 Å². The Labute approximate surface area is 149 Å². The van der Waals surface area contributed by atoms with Crippen LogP contribution >= 0.6 is 11.6 Å². The van der Waals surface area contributed by atoms with E-state index < -0.39 is 0 Å². The zero-order chi connectivity index (χ0) is 17.6. The van der Waals surface area contributed by atoms with E-state index in [9.17, 15) is 4.79 Å². The van der Waals surface area contributed by atoms with Gasteiger partial charge in [0.2, 0.25) is 5.82 Å². The van der Waals surface area contributed by atoms with E-state index >= 15 is 0 Å². The third-order valence-electron chi connectivity index (χ3n) is 3.43. The molecule has 1 heterocycles. The molecular weight excluding hydrogens is 342 g/mol. The summed E-state index contributed by atoms with van der Waals surface area (Å²) in [6, 6.07) is 13.9. The lowest BCUT2D eigenvalue weighted by molar-refractivity contribution is 0.102. The number of rotatable bonds is 6. The topological polar surface area (TPSA) is 77.2 Å². The molecule has 6 nitrogen and oxygen atoms in total. The van der Waals surface area contributed by atoms with E-state index in [0.717, 1.165) is 17.7 Å². The summed E-state index contributed by atoms with van der Waals surface area (Å²) in [6.07, 6.45) is 0.940. The monoisotopic (exact) mass is 357 g/mol. The molecule has 0 aliphatic carbocycles. The van der Waals surface area contributed by atoms with E-state index in [-0.39, 0.29) is 11.7 Å². The van der Waals surface area contributed by atoms with E-state index in [4.69, 9.17) is 21.0 Å². The van der Waals surface area contributed by atoms with Gasteiger partial charge in [0.25, 0.3) is 5.91 Å². The summed E-state index contributed by atoms with van der Waals surface area (Å²) < 4.78 is 10.3. The Morgan fingerprint density at radius 2 is 1.84 bits per heavy atom. The molecule has 1 amide bonds. The van der Waals surface area contributed by atoms with Crippen LogP contribution in [0.25, 0.3) is 11.3 Å². The molecule has 0 aliphatic heterocycles. The first kappa shape index (κ1) is 17.0.